The predicted octanol–water partition coefficient (Wildman–Crippen LogP) is 2.67. The van der Waals surface area contributed by atoms with Gasteiger partial charge < -0.3 is 20.3 Å². The van der Waals surface area contributed by atoms with Crippen LogP contribution in [-0.4, -0.2) is 42.1 Å². The Labute approximate surface area is 155 Å². The number of benzene rings is 1. The minimum Gasteiger partial charge on any atom is -0.491 e. The van der Waals surface area contributed by atoms with E-state index in [1.807, 2.05) is 38.1 Å². The Hall–Kier alpha value is -2.24. The maximum Gasteiger partial charge on any atom is 0.317 e. The highest BCUT2D eigenvalue weighted by Gasteiger charge is 2.31. The summed E-state index contributed by atoms with van der Waals surface area (Å²) in [5, 5.41) is 6.02. The Bertz CT molecular complexity index is 643. The van der Waals surface area contributed by atoms with E-state index in [1.54, 1.807) is 4.90 Å². The van der Waals surface area contributed by atoms with Gasteiger partial charge >= 0.3 is 6.03 Å². The summed E-state index contributed by atoms with van der Waals surface area (Å²) in [5.74, 6) is 0.801. The van der Waals surface area contributed by atoms with Gasteiger partial charge in [-0.1, -0.05) is 18.2 Å². The lowest BCUT2D eigenvalue weighted by atomic mass is 9.97. The number of likely N-dealkylation sites (tertiary alicyclic amines) is 1. The summed E-state index contributed by atoms with van der Waals surface area (Å²) in [6, 6.07) is 7.99. The normalized spacial score (nSPS) is 20.0. The third kappa shape index (κ3) is 5.13. The number of carbonyl (C=O) groups is 2. The summed E-state index contributed by atoms with van der Waals surface area (Å²) in [6.45, 7) is 5.57. The van der Waals surface area contributed by atoms with Crippen molar-refractivity contribution in [1.82, 2.24) is 15.5 Å². The number of hydrogen-bond donors (Lipinski definition) is 2. The average Bonchev–Trinajstić information content (AvgIpc) is 3.44. The van der Waals surface area contributed by atoms with Gasteiger partial charge in [-0.15, -0.1) is 0 Å². The first-order valence-electron chi connectivity index (χ1n) is 9.60. The molecule has 3 rings (SSSR count). The van der Waals surface area contributed by atoms with Crippen molar-refractivity contribution in [3.8, 4) is 5.75 Å². The van der Waals surface area contributed by atoms with Crippen LogP contribution in [0, 0.1) is 5.92 Å². The van der Waals surface area contributed by atoms with Crippen LogP contribution in [0.4, 0.5) is 4.79 Å². The van der Waals surface area contributed by atoms with E-state index in [-0.39, 0.29) is 24.0 Å². The molecular weight excluding hydrogens is 330 g/mol. The van der Waals surface area contributed by atoms with E-state index in [4.69, 9.17) is 4.74 Å². The average molecular weight is 359 g/mol. The number of carbonyl (C=O) groups excluding carboxylic acids is 2. The van der Waals surface area contributed by atoms with Gasteiger partial charge in [0.2, 0.25) is 5.91 Å². The second-order valence-electron chi connectivity index (χ2n) is 7.50. The van der Waals surface area contributed by atoms with Gasteiger partial charge in [-0.05, 0) is 45.6 Å². The van der Waals surface area contributed by atoms with Crippen LogP contribution in [-0.2, 0) is 11.3 Å². The standard InChI is InChI=1S/C20H29N3O3/c1-14(2)26-18-8-4-3-6-15(18)12-21-20(25)23-11-5-7-16(13-23)19(24)22-17-9-10-17/h3-4,6,8,14,16-17H,5,7,9-13H2,1-2H3,(H,21,25)(H,22,24)/t16-/m0/s1. The number of nitrogens with zero attached hydrogens (tertiary/aromatic N) is 1. The van der Waals surface area contributed by atoms with Gasteiger partial charge in [0, 0.05) is 31.2 Å². The lowest BCUT2D eigenvalue weighted by Crippen LogP contribution is -2.49. The number of rotatable bonds is 6. The number of nitrogens with one attached hydrogen (secondary N) is 2. The van der Waals surface area contributed by atoms with Crippen molar-refractivity contribution in [3.05, 3.63) is 29.8 Å². The molecule has 0 aromatic heterocycles. The first kappa shape index (κ1) is 18.5. The molecule has 1 aliphatic heterocycles. The zero-order valence-electron chi connectivity index (χ0n) is 15.7. The molecule has 0 bridgehead atoms. The third-order valence-corrected chi connectivity index (χ3v) is 4.77. The van der Waals surface area contributed by atoms with Crippen LogP contribution in [0.15, 0.2) is 24.3 Å². The third-order valence-electron chi connectivity index (χ3n) is 4.77. The molecule has 0 radical (unpaired) electrons. The first-order valence-corrected chi connectivity index (χ1v) is 9.60. The van der Waals surface area contributed by atoms with Crippen molar-refractivity contribution in [2.24, 2.45) is 5.92 Å². The van der Waals surface area contributed by atoms with E-state index in [0.29, 0.717) is 25.7 Å². The molecule has 1 heterocycles. The molecule has 142 valence electrons. The maximum absolute atomic E-state index is 12.5. The topological polar surface area (TPSA) is 70.7 Å². The van der Waals surface area contributed by atoms with Crippen molar-refractivity contribution in [1.29, 1.82) is 0 Å². The minimum atomic E-state index is -0.117. The lowest BCUT2D eigenvalue weighted by molar-refractivity contribution is -0.126. The van der Waals surface area contributed by atoms with Crippen LogP contribution >= 0.6 is 0 Å². The second kappa shape index (κ2) is 8.43. The van der Waals surface area contributed by atoms with E-state index >= 15 is 0 Å². The largest absolute Gasteiger partial charge is 0.491 e. The summed E-state index contributed by atoms with van der Waals surface area (Å²) >= 11 is 0. The van der Waals surface area contributed by atoms with Gasteiger partial charge in [0.1, 0.15) is 5.75 Å². The molecule has 2 N–H and O–H groups in total. The van der Waals surface area contributed by atoms with Crippen LogP contribution < -0.4 is 15.4 Å². The molecule has 1 aliphatic carbocycles. The van der Waals surface area contributed by atoms with Crippen LogP contribution in [0.3, 0.4) is 0 Å². The minimum absolute atomic E-state index is 0.0830. The molecule has 0 unspecified atom stereocenters. The zero-order chi connectivity index (χ0) is 18.5. The second-order valence-corrected chi connectivity index (χ2v) is 7.50. The molecule has 2 fully saturated rings. The summed E-state index contributed by atoms with van der Waals surface area (Å²) < 4.78 is 5.80. The number of urea groups is 1. The Morgan fingerprint density at radius 2 is 2.00 bits per heavy atom. The van der Waals surface area contributed by atoms with Gasteiger partial charge in [-0.3, -0.25) is 4.79 Å². The highest BCUT2D eigenvalue weighted by atomic mass is 16.5. The van der Waals surface area contributed by atoms with Gasteiger partial charge in [0.15, 0.2) is 0 Å². The molecule has 3 amide bonds. The van der Waals surface area contributed by atoms with Crippen LogP contribution in [0.25, 0.3) is 0 Å². The molecule has 0 spiro atoms. The molecule has 1 saturated heterocycles. The van der Waals surface area contributed by atoms with E-state index in [1.165, 1.54) is 0 Å². The fourth-order valence-corrected chi connectivity index (χ4v) is 3.22. The molecular formula is C20H29N3O3. The summed E-state index contributed by atoms with van der Waals surface area (Å²) in [7, 11) is 0. The van der Waals surface area contributed by atoms with E-state index in [0.717, 1.165) is 37.0 Å². The van der Waals surface area contributed by atoms with Gasteiger partial charge in [0.25, 0.3) is 0 Å². The fraction of sp³-hybridized carbons (Fsp3) is 0.600. The Kier molecular flexibility index (Phi) is 6.01. The van der Waals surface area contributed by atoms with Crippen LogP contribution in [0.5, 0.6) is 5.75 Å². The quantitative estimate of drug-likeness (QED) is 0.820. The van der Waals surface area contributed by atoms with Gasteiger partial charge in [-0.2, -0.15) is 0 Å². The Balaban J connectivity index is 1.52. The monoisotopic (exact) mass is 359 g/mol. The first-order chi connectivity index (χ1) is 12.5. The number of hydrogen-bond acceptors (Lipinski definition) is 3. The van der Waals surface area contributed by atoms with Gasteiger partial charge in [0.05, 0.1) is 12.0 Å². The number of piperidine rings is 1. The summed E-state index contributed by atoms with van der Waals surface area (Å²) in [5.41, 5.74) is 0.953. The number of amides is 3. The van der Waals surface area contributed by atoms with E-state index in [2.05, 4.69) is 10.6 Å². The van der Waals surface area contributed by atoms with Gasteiger partial charge in [-0.25, -0.2) is 4.79 Å². The molecule has 2 aliphatic rings. The SMILES string of the molecule is CC(C)Oc1ccccc1CNC(=O)N1CCC[C@H](C(=O)NC2CC2)C1. The molecule has 1 aromatic carbocycles. The Morgan fingerprint density at radius 3 is 2.73 bits per heavy atom. The summed E-state index contributed by atoms with van der Waals surface area (Å²) in [4.78, 5) is 26.6. The van der Waals surface area contributed by atoms with Crippen molar-refractivity contribution >= 4 is 11.9 Å². The molecule has 1 aromatic rings. The Morgan fingerprint density at radius 1 is 1.23 bits per heavy atom. The van der Waals surface area contributed by atoms with Crippen molar-refractivity contribution in [3.63, 3.8) is 0 Å². The van der Waals surface area contributed by atoms with Crippen LogP contribution in [0.1, 0.15) is 45.1 Å². The maximum atomic E-state index is 12.5. The number of para-hydroxylation sites is 1. The molecule has 6 nitrogen and oxygen atoms in total. The van der Waals surface area contributed by atoms with E-state index < -0.39 is 0 Å². The lowest BCUT2D eigenvalue weighted by Gasteiger charge is -2.32. The van der Waals surface area contributed by atoms with Crippen LogP contribution in [0.2, 0.25) is 0 Å². The fourth-order valence-electron chi connectivity index (χ4n) is 3.22. The van der Waals surface area contributed by atoms with Crippen molar-refractivity contribution in [2.45, 2.75) is 58.2 Å². The smallest absolute Gasteiger partial charge is 0.317 e. The zero-order valence-corrected chi connectivity index (χ0v) is 15.7. The van der Waals surface area contributed by atoms with Crippen molar-refractivity contribution in [2.75, 3.05) is 13.1 Å². The molecule has 1 atom stereocenters. The van der Waals surface area contributed by atoms with E-state index in [9.17, 15) is 9.59 Å². The molecule has 6 heteroatoms. The molecule has 26 heavy (non-hydrogen) atoms. The highest BCUT2D eigenvalue weighted by molar-refractivity contribution is 5.81. The number of ether oxygens (including phenoxy) is 1. The predicted molar refractivity (Wildman–Crippen MR) is 99.9 cm³/mol. The molecule has 1 saturated carbocycles. The summed E-state index contributed by atoms with van der Waals surface area (Å²) in [6.07, 6.45) is 3.97. The van der Waals surface area contributed by atoms with Crippen molar-refractivity contribution < 1.29 is 14.3 Å². The highest BCUT2D eigenvalue weighted by Crippen LogP contribution is 2.23.